The molecule has 8 nitrogen and oxygen atoms in total. The number of hydrogen-bond acceptors (Lipinski definition) is 7. The van der Waals surface area contributed by atoms with Crippen LogP contribution in [0, 0.1) is 6.92 Å². The predicted octanol–water partition coefficient (Wildman–Crippen LogP) is 4.49. The van der Waals surface area contributed by atoms with Crippen molar-refractivity contribution in [3.8, 4) is 28.6 Å². The number of anilines is 1. The van der Waals surface area contributed by atoms with Crippen molar-refractivity contribution in [2.75, 3.05) is 25.1 Å². The van der Waals surface area contributed by atoms with Crippen LogP contribution in [0.4, 0.5) is 5.69 Å². The van der Waals surface area contributed by atoms with E-state index >= 15 is 0 Å². The maximum Gasteiger partial charge on any atom is 0.255 e. The minimum Gasteiger partial charge on any atom is -0.490 e. The number of aryl methyl sites for hydroxylation is 1. The van der Waals surface area contributed by atoms with Crippen LogP contribution in [0.25, 0.3) is 11.4 Å². The van der Waals surface area contributed by atoms with Gasteiger partial charge in [-0.15, -0.1) is 0 Å². The monoisotopic (exact) mass is 411 g/mol. The highest BCUT2D eigenvalue weighted by atomic mass is 16.5. The van der Waals surface area contributed by atoms with Gasteiger partial charge in [0.2, 0.25) is 17.5 Å². The number of hydrogen-bond donors (Lipinski definition) is 1. The second kappa shape index (κ2) is 9.78. The molecule has 158 valence electrons. The van der Waals surface area contributed by atoms with Crippen LogP contribution in [0.3, 0.4) is 0 Å². The number of benzene rings is 2. The van der Waals surface area contributed by atoms with E-state index in [2.05, 4.69) is 15.5 Å². The summed E-state index contributed by atoms with van der Waals surface area (Å²) in [6.07, 6.45) is 0. The highest BCUT2D eigenvalue weighted by Gasteiger charge is 2.20. The fraction of sp³-hybridized carbons (Fsp3) is 0.318. The third-order valence-corrected chi connectivity index (χ3v) is 4.12. The van der Waals surface area contributed by atoms with Crippen molar-refractivity contribution < 1.29 is 23.5 Å². The summed E-state index contributed by atoms with van der Waals surface area (Å²) in [4.78, 5) is 17.3. The number of ether oxygens (including phenoxy) is 3. The number of rotatable bonds is 9. The van der Waals surface area contributed by atoms with E-state index in [0.717, 1.165) is 0 Å². The molecule has 0 saturated heterocycles. The van der Waals surface area contributed by atoms with Gasteiger partial charge in [-0.3, -0.25) is 4.79 Å². The van der Waals surface area contributed by atoms with E-state index < -0.39 is 0 Å². The van der Waals surface area contributed by atoms with Crippen molar-refractivity contribution in [3.63, 3.8) is 0 Å². The highest BCUT2D eigenvalue weighted by molar-refractivity contribution is 6.06. The van der Waals surface area contributed by atoms with Crippen LogP contribution in [-0.4, -0.2) is 35.9 Å². The second-order valence-corrected chi connectivity index (χ2v) is 6.24. The first kappa shape index (κ1) is 21.2. The standard InChI is InChI=1S/C22H25N3O5/c1-5-27-18-12-15(13-19(28-6-2)20(18)29-7-3)22(26)24-17-11-9-8-10-16(17)21-23-14(4)30-25-21/h8-13H,5-7H2,1-4H3,(H,24,26). The van der Waals surface area contributed by atoms with Crippen molar-refractivity contribution >= 4 is 11.6 Å². The fourth-order valence-corrected chi connectivity index (χ4v) is 2.91. The minimum atomic E-state index is -0.326. The van der Waals surface area contributed by atoms with E-state index in [1.165, 1.54) is 0 Å². The van der Waals surface area contributed by atoms with Gasteiger partial charge in [-0.1, -0.05) is 17.3 Å². The molecule has 0 aliphatic rings. The largest absolute Gasteiger partial charge is 0.490 e. The topological polar surface area (TPSA) is 95.7 Å². The molecular weight excluding hydrogens is 386 g/mol. The van der Waals surface area contributed by atoms with E-state index in [1.807, 2.05) is 39.0 Å². The van der Waals surface area contributed by atoms with Crippen molar-refractivity contribution in [2.24, 2.45) is 0 Å². The van der Waals surface area contributed by atoms with Gasteiger partial charge in [0.05, 0.1) is 25.5 Å². The molecule has 0 aliphatic carbocycles. The molecule has 8 heteroatoms. The Morgan fingerprint density at radius 3 is 2.20 bits per heavy atom. The normalized spacial score (nSPS) is 10.5. The van der Waals surface area contributed by atoms with E-state index in [0.29, 0.717) is 65.6 Å². The number of carbonyl (C=O) groups is 1. The van der Waals surface area contributed by atoms with Crippen LogP contribution < -0.4 is 19.5 Å². The van der Waals surface area contributed by atoms with Crippen LogP contribution in [0.5, 0.6) is 17.2 Å². The lowest BCUT2D eigenvalue weighted by atomic mass is 10.1. The SMILES string of the molecule is CCOc1cc(C(=O)Nc2ccccc2-c2noc(C)n2)cc(OCC)c1OCC. The van der Waals surface area contributed by atoms with Crippen molar-refractivity contribution in [1.29, 1.82) is 0 Å². The van der Waals surface area contributed by atoms with Crippen molar-refractivity contribution in [3.05, 3.63) is 47.9 Å². The van der Waals surface area contributed by atoms with Crippen LogP contribution >= 0.6 is 0 Å². The predicted molar refractivity (Wildman–Crippen MR) is 112 cm³/mol. The summed E-state index contributed by atoms with van der Waals surface area (Å²) < 4.78 is 22.2. The van der Waals surface area contributed by atoms with Crippen LogP contribution in [0.1, 0.15) is 37.0 Å². The van der Waals surface area contributed by atoms with E-state index in [4.69, 9.17) is 18.7 Å². The molecule has 1 N–H and O–H groups in total. The molecule has 0 fully saturated rings. The zero-order valence-corrected chi connectivity index (χ0v) is 17.5. The van der Waals surface area contributed by atoms with E-state index in [1.54, 1.807) is 25.1 Å². The summed E-state index contributed by atoms with van der Waals surface area (Å²) in [5.74, 6) is 1.92. The molecule has 0 radical (unpaired) electrons. The third kappa shape index (κ3) is 4.71. The summed E-state index contributed by atoms with van der Waals surface area (Å²) in [5, 5.41) is 6.85. The molecule has 0 aliphatic heterocycles. The molecule has 0 unspecified atom stereocenters. The Hall–Kier alpha value is -3.55. The summed E-state index contributed by atoms with van der Waals surface area (Å²) in [7, 11) is 0. The Morgan fingerprint density at radius 2 is 1.63 bits per heavy atom. The summed E-state index contributed by atoms with van der Waals surface area (Å²) in [6, 6.07) is 10.5. The Bertz CT molecular complexity index is 989. The average molecular weight is 411 g/mol. The Kier molecular flexibility index (Phi) is 6.90. The van der Waals surface area contributed by atoms with Gasteiger partial charge >= 0.3 is 0 Å². The third-order valence-electron chi connectivity index (χ3n) is 4.12. The van der Waals surface area contributed by atoms with Crippen molar-refractivity contribution in [1.82, 2.24) is 10.1 Å². The number of aromatic nitrogens is 2. The van der Waals surface area contributed by atoms with Gasteiger partial charge in [-0.05, 0) is 45.0 Å². The van der Waals surface area contributed by atoms with Crippen LogP contribution in [0.15, 0.2) is 40.9 Å². The molecule has 0 spiro atoms. The van der Waals surface area contributed by atoms with Crippen molar-refractivity contribution in [2.45, 2.75) is 27.7 Å². The van der Waals surface area contributed by atoms with Gasteiger partial charge in [0.25, 0.3) is 5.91 Å². The molecule has 1 aromatic heterocycles. The second-order valence-electron chi connectivity index (χ2n) is 6.24. The number of amides is 1. The maximum atomic E-state index is 13.1. The lowest BCUT2D eigenvalue weighted by Gasteiger charge is -2.17. The van der Waals surface area contributed by atoms with E-state index in [9.17, 15) is 4.79 Å². The first-order chi connectivity index (χ1) is 14.6. The molecule has 1 heterocycles. The molecule has 2 aromatic carbocycles. The zero-order valence-electron chi connectivity index (χ0n) is 17.5. The van der Waals surface area contributed by atoms with Crippen LogP contribution in [-0.2, 0) is 0 Å². The molecule has 3 aromatic rings. The van der Waals surface area contributed by atoms with Gasteiger partial charge < -0.3 is 24.1 Å². The molecule has 1 amide bonds. The van der Waals surface area contributed by atoms with Gasteiger partial charge in [-0.2, -0.15) is 4.98 Å². The first-order valence-electron chi connectivity index (χ1n) is 9.84. The average Bonchev–Trinajstić information content (AvgIpc) is 3.17. The Morgan fingerprint density at radius 1 is 1.00 bits per heavy atom. The van der Waals surface area contributed by atoms with Gasteiger partial charge in [0.15, 0.2) is 11.5 Å². The van der Waals surface area contributed by atoms with Crippen LogP contribution in [0.2, 0.25) is 0 Å². The smallest absolute Gasteiger partial charge is 0.255 e. The number of para-hydroxylation sites is 1. The Labute approximate surface area is 175 Å². The number of nitrogens with zero attached hydrogens (tertiary/aromatic N) is 2. The Balaban J connectivity index is 1.96. The number of nitrogens with one attached hydrogen (secondary N) is 1. The summed E-state index contributed by atoms with van der Waals surface area (Å²) in [5.41, 5.74) is 1.60. The lowest BCUT2D eigenvalue weighted by molar-refractivity contribution is 0.102. The molecule has 30 heavy (non-hydrogen) atoms. The summed E-state index contributed by atoms with van der Waals surface area (Å²) in [6.45, 7) is 8.62. The lowest BCUT2D eigenvalue weighted by Crippen LogP contribution is -2.14. The first-order valence-corrected chi connectivity index (χ1v) is 9.84. The zero-order chi connectivity index (χ0) is 21.5. The molecule has 0 bridgehead atoms. The number of carbonyl (C=O) groups excluding carboxylic acids is 1. The van der Waals surface area contributed by atoms with Gasteiger partial charge in [-0.25, -0.2) is 0 Å². The van der Waals surface area contributed by atoms with Gasteiger partial charge in [0.1, 0.15) is 0 Å². The van der Waals surface area contributed by atoms with Gasteiger partial charge in [0, 0.05) is 18.1 Å². The highest BCUT2D eigenvalue weighted by Crippen LogP contribution is 2.39. The molecule has 3 rings (SSSR count). The van der Waals surface area contributed by atoms with E-state index in [-0.39, 0.29) is 5.91 Å². The fourth-order valence-electron chi connectivity index (χ4n) is 2.91. The maximum absolute atomic E-state index is 13.1. The molecular formula is C22H25N3O5. The molecule has 0 atom stereocenters. The quantitative estimate of drug-likeness (QED) is 0.554. The summed E-state index contributed by atoms with van der Waals surface area (Å²) >= 11 is 0. The minimum absolute atomic E-state index is 0.326. The molecule has 0 saturated carbocycles.